The number of thioether (sulfide) groups is 1. The fraction of sp³-hybridized carbons (Fsp3) is 0.385. The van der Waals surface area contributed by atoms with Gasteiger partial charge < -0.3 is 16.0 Å². The molecule has 1 aromatic heterocycles. The molecule has 0 fully saturated rings. The number of H-pyrrole nitrogens is 1. The van der Waals surface area contributed by atoms with Gasteiger partial charge >= 0.3 is 0 Å². The SMILES string of the molecule is CCNC(CCSc1nc2ccccc2[nH]1)C(N)=O. The number of benzene rings is 1. The van der Waals surface area contributed by atoms with Crippen LogP contribution in [0.25, 0.3) is 11.0 Å². The third-order valence-corrected chi connectivity index (χ3v) is 3.71. The Hall–Kier alpha value is -1.53. The molecule has 0 saturated heterocycles. The maximum atomic E-state index is 11.2. The Balaban J connectivity index is 1.89. The van der Waals surface area contributed by atoms with E-state index in [2.05, 4.69) is 15.3 Å². The molecule has 0 bridgehead atoms. The second-order valence-corrected chi connectivity index (χ2v) is 5.29. The Morgan fingerprint density at radius 3 is 3.00 bits per heavy atom. The van der Waals surface area contributed by atoms with Crippen molar-refractivity contribution in [3.63, 3.8) is 0 Å². The lowest BCUT2D eigenvalue weighted by molar-refractivity contribution is -0.120. The molecule has 1 amide bonds. The van der Waals surface area contributed by atoms with Crippen molar-refractivity contribution in [3.05, 3.63) is 24.3 Å². The normalized spacial score (nSPS) is 12.7. The first-order valence-electron chi connectivity index (χ1n) is 6.31. The third-order valence-electron chi connectivity index (χ3n) is 2.81. The second kappa shape index (κ2) is 6.58. The minimum Gasteiger partial charge on any atom is -0.368 e. The predicted octanol–water partition coefficient (Wildman–Crippen LogP) is 1.51. The fourth-order valence-electron chi connectivity index (χ4n) is 1.86. The molecule has 102 valence electrons. The molecule has 19 heavy (non-hydrogen) atoms. The van der Waals surface area contributed by atoms with Gasteiger partial charge in [0.15, 0.2) is 5.16 Å². The molecule has 2 rings (SSSR count). The number of likely N-dealkylation sites (N-methyl/N-ethyl adjacent to an activating group) is 1. The minimum absolute atomic E-state index is 0.262. The molecular weight excluding hydrogens is 260 g/mol. The number of imidazole rings is 1. The van der Waals surface area contributed by atoms with Crippen LogP contribution >= 0.6 is 11.8 Å². The first-order valence-corrected chi connectivity index (χ1v) is 7.29. The summed E-state index contributed by atoms with van der Waals surface area (Å²) in [5, 5.41) is 3.95. The van der Waals surface area contributed by atoms with E-state index in [0.29, 0.717) is 6.42 Å². The summed E-state index contributed by atoms with van der Waals surface area (Å²) in [5.41, 5.74) is 7.32. The quantitative estimate of drug-likeness (QED) is 0.670. The lowest BCUT2D eigenvalue weighted by Gasteiger charge is -2.12. The molecule has 0 aliphatic rings. The molecule has 6 heteroatoms. The molecule has 0 spiro atoms. The van der Waals surface area contributed by atoms with Crippen LogP contribution in [0.5, 0.6) is 0 Å². The van der Waals surface area contributed by atoms with Crippen molar-refractivity contribution in [1.82, 2.24) is 15.3 Å². The molecule has 1 unspecified atom stereocenters. The van der Waals surface area contributed by atoms with Crippen molar-refractivity contribution in [2.24, 2.45) is 5.73 Å². The average molecular weight is 278 g/mol. The highest BCUT2D eigenvalue weighted by Gasteiger charge is 2.13. The first-order chi connectivity index (χ1) is 9.20. The van der Waals surface area contributed by atoms with Crippen LogP contribution < -0.4 is 11.1 Å². The molecule has 0 radical (unpaired) electrons. The number of carbonyl (C=O) groups is 1. The summed E-state index contributed by atoms with van der Waals surface area (Å²) in [7, 11) is 0. The van der Waals surface area contributed by atoms with E-state index < -0.39 is 0 Å². The van der Waals surface area contributed by atoms with Gasteiger partial charge in [-0.1, -0.05) is 30.8 Å². The van der Waals surface area contributed by atoms with Crippen LogP contribution in [0.15, 0.2) is 29.4 Å². The van der Waals surface area contributed by atoms with Crippen LogP contribution in [0.1, 0.15) is 13.3 Å². The van der Waals surface area contributed by atoms with Gasteiger partial charge in [0.2, 0.25) is 5.91 Å². The van der Waals surface area contributed by atoms with E-state index in [9.17, 15) is 4.79 Å². The lowest BCUT2D eigenvalue weighted by atomic mass is 10.2. The molecule has 0 aliphatic heterocycles. The van der Waals surface area contributed by atoms with Gasteiger partial charge in [-0.05, 0) is 25.1 Å². The Labute approximate surface area is 116 Å². The zero-order valence-corrected chi connectivity index (χ0v) is 11.7. The number of nitrogens with zero attached hydrogens (tertiary/aromatic N) is 1. The van der Waals surface area contributed by atoms with E-state index in [-0.39, 0.29) is 11.9 Å². The van der Waals surface area contributed by atoms with Crippen molar-refractivity contribution < 1.29 is 4.79 Å². The number of hydrogen-bond donors (Lipinski definition) is 3. The fourth-order valence-corrected chi connectivity index (χ4v) is 2.75. The molecule has 1 heterocycles. The van der Waals surface area contributed by atoms with Gasteiger partial charge in [0.1, 0.15) is 0 Å². The number of nitrogens with two attached hydrogens (primary N) is 1. The summed E-state index contributed by atoms with van der Waals surface area (Å²) in [6, 6.07) is 7.65. The Kier molecular flexibility index (Phi) is 4.81. The van der Waals surface area contributed by atoms with E-state index in [1.165, 1.54) is 0 Å². The van der Waals surface area contributed by atoms with Gasteiger partial charge in [0.05, 0.1) is 17.1 Å². The Bertz CT molecular complexity index is 521. The van der Waals surface area contributed by atoms with Crippen LogP contribution in [0, 0.1) is 0 Å². The molecule has 0 saturated carbocycles. The number of hydrogen-bond acceptors (Lipinski definition) is 4. The van der Waals surface area contributed by atoms with Crippen molar-refractivity contribution in [3.8, 4) is 0 Å². The highest BCUT2D eigenvalue weighted by molar-refractivity contribution is 7.99. The molecule has 2 aromatic rings. The Morgan fingerprint density at radius 2 is 2.32 bits per heavy atom. The molecule has 1 aromatic carbocycles. The van der Waals surface area contributed by atoms with Crippen molar-refractivity contribution in [1.29, 1.82) is 0 Å². The van der Waals surface area contributed by atoms with Crippen molar-refractivity contribution in [2.75, 3.05) is 12.3 Å². The van der Waals surface area contributed by atoms with Gasteiger partial charge in [-0.3, -0.25) is 4.79 Å². The summed E-state index contributed by atoms with van der Waals surface area (Å²) in [6.45, 7) is 2.70. The zero-order chi connectivity index (χ0) is 13.7. The topological polar surface area (TPSA) is 83.8 Å². The van der Waals surface area contributed by atoms with Gasteiger partial charge in [0.25, 0.3) is 0 Å². The van der Waals surface area contributed by atoms with E-state index in [1.54, 1.807) is 11.8 Å². The predicted molar refractivity (Wildman–Crippen MR) is 78.1 cm³/mol. The number of fused-ring (bicyclic) bond motifs is 1. The maximum Gasteiger partial charge on any atom is 0.234 e. The summed E-state index contributed by atoms with van der Waals surface area (Å²) < 4.78 is 0. The van der Waals surface area contributed by atoms with E-state index in [1.807, 2.05) is 31.2 Å². The summed E-state index contributed by atoms with van der Waals surface area (Å²) in [4.78, 5) is 18.9. The minimum atomic E-state index is -0.299. The monoisotopic (exact) mass is 278 g/mol. The van der Waals surface area contributed by atoms with E-state index in [0.717, 1.165) is 28.5 Å². The van der Waals surface area contributed by atoms with Gasteiger partial charge in [-0.15, -0.1) is 0 Å². The number of para-hydroxylation sites is 2. The highest BCUT2D eigenvalue weighted by Crippen LogP contribution is 2.20. The smallest absolute Gasteiger partial charge is 0.234 e. The van der Waals surface area contributed by atoms with Crippen molar-refractivity contribution in [2.45, 2.75) is 24.5 Å². The number of carbonyl (C=O) groups excluding carboxylic acids is 1. The van der Waals surface area contributed by atoms with Crippen LogP contribution in [-0.4, -0.2) is 34.2 Å². The van der Waals surface area contributed by atoms with E-state index in [4.69, 9.17) is 5.73 Å². The second-order valence-electron chi connectivity index (χ2n) is 4.21. The van der Waals surface area contributed by atoms with Gasteiger partial charge in [-0.25, -0.2) is 4.98 Å². The van der Waals surface area contributed by atoms with Crippen molar-refractivity contribution >= 4 is 28.7 Å². The van der Waals surface area contributed by atoms with Crippen LogP contribution in [0.2, 0.25) is 0 Å². The summed E-state index contributed by atoms with van der Waals surface area (Å²) >= 11 is 1.60. The summed E-state index contributed by atoms with van der Waals surface area (Å²) in [6.07, 6.45) is 0.699. The molecule has 4 N–H and O–H groups in total. The molecular formula is C13H18N4OS. The Morgan fingerprint density at radius 1 is 1.53 bits per heavy atom. The molecule has 1 atom stereocenters. The van der Waals surface area contributed by atoms with Crippen LogP contribution in [0.3, 0.4) is 0 Å². The average Bonchev–Trinajstić information content (AvgIpc) is 2.80. The van der Waals surface area contributed by atoms with Gasteiger partial charge in [0, 0.05) is 5.75 Å². The number of nitrogens with one attached hydrogen (secondary N) is 2. The number of primary amides is 1. The molecule has 0 aliphatic carbocycles. The van der Waals surface area contributed by atoms with Crippen LogP contribution in [0.4, 0.5) is 0 Å². The van der Waals surface area contributed by atoms with Gasteiger partial charge in [-0.2, -0.15) is 0 Å². The van der Waals surface area contributed by atoms with Crippen LogP contribution in [-0.2, 0) is 4.79 Å². The first kappa shape index (κ1) is 13.9. The zero-order valence-electron chi connectivity index (χ0n) is 10.8. The van der Waals surface area contributed by atoms with E-state index >= 15 is 0 Å². The number of rotatable bonds is 7. The highest BCUT2D eigenvalue weighted by atomic mass is 32.2. The third kappa shape index (κ3) is 3.71. The number of amides is 1. The number of aromatic nitrogens is 2. The lowest BCUT2D eigenvalue weighted by Crippen LogP contribution is -2.41. The summed E-state index contributed by atoms with van der Waals surface area (Å²) in [5.74, 6) is 0.493. The standard InChI is InChI=1S/C13H18N4OS/c1-2-15-11(12(14)18)7-8-19-13-16-9-5-3-4-6-10(9)17-13/h3-6,11,15H,2,7-8H2,1H3,(H2,14,18)(H,16,17). The number of aromatic amines is 1. The largest absolute Gasteiger partial charge is 0.368 e. The molecule has 5 nitrogen and oxygen atoms in total. The maximum absolute atomic E-state index is 11.2.